The van der Waals surface area contributed by atoms with Crippen LogP contribution in [0.25, 0.3) is 21.8 Å². The van der Waals surface area contributed by atoms with Crippen LogP contribution in [-0.2, 0) is 11.2 Å². The van der Waals surface area contributed by atoms with E-state index in [2.05, 4.69) is 10.3 Å². The zero-order valence-electron chi connectivity index (χ0n) is 15.4. The second-order valence-corrected chi connectivity index (χ2v) is 7.15. The number of nitrogens with zero attached hydrogens (tertiary/aromatic N) is 1. The molecule has 3 aromatic carbocycles. The minimum atomic E-state index is -0.895. The van der Waals surface area contributed by atoms with Gasteiger partial charge in [-0.1, -0.05) is 66.2 Å². The van der Waals surface area contributed by atoms with Gasteiger partial charge in [0.15, 0.2) is 0 Å². The smallest absolute Gasteiger partial charge is 0.253 e. The summed E-state index contributed by atoms with van der Waals surface area (Å²) in [5.41, 5.74) is 8.20. The first kappa shape index (κ1) is 18.9. The highest BCUT2D eigenvalue weighted by atomic mass is 35.5. The topological polar surface area (TPSA) is 85.1 Å². The fourth-order valence-electron chi connectivity index (χ4n) is 3.42. The number of hydrogen-bond donors (Lipinski definition) is 2. The molecule has 1 atom stereocenters. The molecule has 1 heterocycles. The lowest BCUT2D eigenvalue weighted by atomic mass is 10.0. The van der Waals surface area contributed by atoms with Crippen molar-refractivity contribution < 1.29 is 9.59 Å². The van der Waals surface area contributed by atoms with Gasteiger partial charge in [-0.05, 0) is 23.8 Å². The summed E-state index contributed by atoms with van der Waals surface area (Å²) in [5.74, 6) is -1.00. The third kappa shape index (κ3) is 3.77. The van der Waals surface area contributed by atoms with Gasteiger partial charge < -0.3 is 11.1 Å². The molecule has 29 heavy (non-hydrogen) atoms. The van der Waals surface area contributed by atoms with Crippen molar-refractivity contribution in [2.75, 3.05) is 0 Å². The number of carbonyl (C=O) groups excluding carboxylic acids is 2. The van der Waals surface area contributed by atoms with E-state index in [4.69, 9.17) is 17.3 Å². The number of nitrogens with two attached hydrogens (primary N) is 1. The number of benzene rings is 3. The number of primary amides is 1. The number of para-hydroxylation sites is 2. The van der Waals surface area contributed by atoms with Crippen molar-refractivity contribution in [3.8, 4) is 0 Å². The SMILES string of the molecule is NC(=O)[C@@H](Cc1ccccc1Cl)NC(=O)c1c2ccccc2nc2ccccc12. The zero-order chi connectivity index (χ0) is 20.4. The van der Waals surface area contributed by atoms with Crippen molar-refractivity contribution in [1.82, 2.24) is 10.3 Å². The van der Waals surface area contributed by atoms with Crippen LogP contribution in [0.3, 0.4) is 0 Å². The second-order valence-electron chi connectivity index (χ2n) is 6.75. The molecule has 0 bridgehead atoms. The van der Waals surface area contributed by atoms with E-state index in [-0.39, 0.29) is 12.3 Å². The maximum Gasteiger partial charge on any atom is 0.253 e. The summed E-state index contributed by atoms with van der Waals surface area (Å²) in [4.78, 5) is 30.0. The summed E-state index contributed by atoms with van der Waals surface area (Å²) < 4.78 is 0. The van der Waals surface area contributed by atoms with Crippen molar-refractivity contribution in [3.63, 3.8) is 0 Å². The lowest BCUT2D eigenvalue weighted by molar-refractivity contribution is -0.119. The van der Waals surface area contributed by atoms with Crippen molar-refractivity contribution in [2.45, 2.75) is 12.5 Å². The summed E-state index contributed by atoms with van der Waals surface area (Å²) in [6, 6.07) is 21.1. The number of nitrogens with one attached hydrogen (secondary N) is 1. The van der Waals surface area contributed by atoms with Crippen LogP contribution in [0.4, 0.5) is 0 Å². The lowest BCUT2D eigenvalue weighted by Gasteiger charge is -2.18. The molecule has 0 unspecified atom stereocenters. The first-order valence-corrected chi connectivity index (χ1v) is 9.53. The largest absolute Gasteiger partial charge is 0.368 e. The average Bonchev–Trinajstić information content (AvgIpc) is 2.72. The Bertz CT molecular complexity index is 1190. The Labute approximate surface area is 172 Å². The van der Waals surface area contributed by atoms with Crippen molar-refractivity contribution in [3.05, 3.63) is 88.9 Å². The van der Waals surface area contributed by atoms with E-state index in [0.29, 0.717) is 32.4 Å². The Hall–Kier alpha value is -3.44. The second kappa shape index (κ2) is 7.89. The van der Waals surface area contributed by atoms with Gasteiger partial charge in [-0.15, -0.1) is 0 Å². The van der Waals surface area contributed by atoms with Crippen molar-refractivity contribution >= 4 is 45.2 Å². The molecule has 1 aromatic heterocycles. The van der Waals surface area contributed by atoms with Crippen LogP contribution < -0.4 is 11.1 Å². The van der Waals surface area contributed by atoms with Crippen LogP contribution in [0, 0.1) is 0 Å². The third-order valence-corrected chi connectivity index (χ3v) is 5.21. The maximum atomic E-state index is 13.3. The fourth-order valence-corrected chi connectivity index (χ4v) is 3.63. The summed E-state index contributed by atoms with van der Waals surface area (Å²) in [6.07, 6.45) is 0.210. The average molecular weight is 404 g/mol. The minimum absolute atomic E-state index is 0.210. The molecule has 0 spiro atoms. The van der Waals surface area contributed by atoms with E-state index < -0.39 is 11.9 Å². The Morgan fingerprint density at radius 1 is 0.897 bits per heavy atom. The molecule has 0 aliphatic carbocycles. The molecule has 144 valence electrons. The minimum Gasteiger partial charge on any atom is -0.368 e. The van der Waals surface area contributed by atoms with Crippen molar-refractivity contribution in [2.24, 2.45) is 5.73 Å². The van der Waals surface area contributed by atoms with E-state index in [0.717, 1.165) is 5.56 Å². The lowest BCUT2D eigenvalue weighted by Crippen LogP contribution is -2.46. The molecular formula is C23H18ClN3O2. The third-order valence-electron chi connectivity index (χ3n) is 4.85. The van der Waals surface area contributed by atoms with Gasteiger partial charge in [0.1, 0.15) is 6.04 Å². The van der Waals surface area contributed by atoms with Crippen LogP contribution in [0.5, 0.6) is 0 Å². The summed E-state index contributed by atoms with van der Waals surface area (Å²) in [7, 11) is 0. The van der Waals surface area contributed by atoms with Gasteiger partial charge in [0.05, 0.1) is 16.6 Å². The van der Waals surface area contributed by atoms with Crippen molar-refractivity contribution in [1.29, 1.82) is 0 Å². The van der Waals surface area contributed by atoms with Gasteiger partial charge in [-0.25, -0.2) is 4.98 Å². The molecule has 0 aliphatic rings. The predicted octanol–water partition coefficient (Wildman–Crippen LogP) is 3.87. The number of rotatable bonds is 5. The Morgan fingerprint density at radius 2 is 1.45 bits per heavy atom. The molecule has 0 saturated heterocycles. The normalized spacial score (nSPS) is 12.0. The number of pyridine rings is 1. The molecule has 0 saturated carbocycles. The highest BCUT2D eigenvalue weighted by Gasteiger charge is 2.23. The Kier molecular flexibility index (Phi) is 5.14. The van der Waals surface area contributed by atoms with Crippen LogP contribution in [-0.4, -0.2) is 22.8 Å². The summed E-state index contributed by atoms with van der Waals surface area (Å²) >= 11 is 6.21. The van der Waals surface area contributed by atoms with Gasteiger partial charge in [-0.2, -0.15) is 0 Å². The summed E-state index contributed by atoms with van der Waals surface area (Å²) in [6.45, 7) is 0. The zero-order valence-corrected chi connectivity index (χ0v) is 16.2. The first-order chi connectivity index (χ1) is 14.0. The fraction of sp³-hybridized carbons (Fsp3) is 0.0870. The van der Waals surface area contributed by atoms with Gasteiger partial charge >= 0.3 is 0 Å². The highest BCUT2D eigenvalue weighted by molar-refractivity contribution is 6.31. The van der Waals surface area contributed by atoms with Gasteiger partial charge in [0.25, 0.3) is 5.91 Å². The van der Waals surface area contributed by atoms with Gasteiger partial charge in [0, 0.05) is 22.2 Å². The number of hydrogen-bond acceptors (Lipinski definition) is 3. The number of aromatic nitrogens is 1. The predicted molar refractivity (Wildman–Crippen MR) is 115 cm³/mol. The summed E-state index contributed by atoms with van der Waals surface area (Å²) in [5, 5.41) is 4.74. The molecule has 2 amide bonds. The number of fused-ring (bicyclic) bond motifs is 2. The molecule has 3 N–H and O–H groups in total. The van der Waals surface area contributed by atoms with Crippen LogP contribution in [0.1, 0.15) is 15.9 Å². The molecule has 0 aliphatic heterocycles. The van der Waals surface area contributed by atoms with Crippen LogP contribution in [0.2, 0.25) is 5.02 Å². The van der Waals surface area contributed by atoms with E-state index in [1.54, 1.807) is 12.1 Å². The molecule has 5 nitrogen and oxygen atoms in total. The van der Waals surface area contributed by atoms with Gasteiger partial charge in [0.2, 0.25) is 5.91 Å². The molecule has 4 rings (SSSR count). The molecule has 0 fully saturated rings. The Balaban J connectivity index is 1.75. The molecule has 4 aromatic rings. The molecular weight excluding hydrogens is 386 g/mol. The van der Waals surface area contributed by atoms with E-state index >= 15 is 0 Å². The maximum absolute atomic E-state index is 13.3. The first-order valence-electron chi connectivity index (χ1n) is 9.15. The standard InChI is InChI=1S/C23H18ClN3O2/c24-17-10-4-1-7-14(17)13-20(22(25)28)27-23(29)21-15-8-2-5-11-18(15)26-19-12-6-3-9-16(19)21/h1-12,20H,13H2,(H2,25,28)(H,27,29)/t20-/m1/s1. The van der Waals surface area contributed by atoms with E-state index in [9.17, 15) is 9.59 Å². The number of amides is 2. The van der Waals surface area contributed by atoms with E-state index in [1.165, 1.54) is 0 Å². The Morgan fingerprint density at radius 3 is 2.03 bits per heavy atom. The van der Waals surface area contributed by atoms with Gasteiger partial charge in [-0.3, -0.25) is 9.59 Å². The molecule has 6 heteroatoms. The highest BCUT2D eigenvalue weighted by Crippen LogP contribution is 2.26. The quantitative estimate of drug-likeness (QED) is 0.496. The van der Waals surface area contributed by atoms with Crippen LogP contribution in [0.15, 0.2) is 72.8 Å². The van der Waals surface area contributed by atoms with Crippen LogP contribution >= 0.6 is 11.6 Å². The number of halogens is 1. The number of carbonyl (C=O) groups is 2. The molecule has 0 radical (unpaired) electrons. The monoisotopic (exact) mass is 403 g/mol. The van der Waals surface area contributed by atoms with E-state index in [1.807, 2.05) is 60.7 Å².